The lowest BCUT2D eigenvalue weighted by Gasteiger charge is -2.21. The summed E-state index contributed by atoms with van der Waals surface area (Å²) < 4.78 is 7.86. The average Bonchev–Trinajstić information content (AvgIpc) is 3.22. The molecule has 0 aliphatic carbocycles. The number of nitrogens with one attached hydrogen (secondary N) is 1. The number of aromatic nitrogens is 2. The van der Waals surface area contributed by atoms with E-state index in [0.717, 1.165) is 28.0 Å². The highest BCUT2D eigenvalue weighted by Gasteiger charge is 2.12. The number of nitrogens with zero attached hydrogens (tertiary/aromatic N) is 4. The van der Waals surface area contributed by atoms with Gasteiger partial charge in [-0.1, -0.05) is 41.4 Å². The molecule has 0 fully saturated rings. The van der Waals surface area contributed by atoms with E-state index in [1.807, 2.05) is 48.0 Å². The number of oxazole rings is 1. The molecule has 0 saturated carbocycles. The van der Waals surface area contributed by atoms with Gasteiger partial charge in [0.1, 0.15) is 0 Å². The maximum absolute atomic E-state index is 6.06. The molecule has 2 heterocycles. The Hall–Kier alpha value is -2.73. The van der Waals surface area contributed by atoms with E-state index in [9.17, 15) is 0 Å². The van der Waals surface area contributed by atoms with Gasteiger partial charge in [-0.2, -0.15) is 0 Å². The zero-order valence-corrected chi connectivity index (χ0v) is 16.8. The van der Waals surface area contributed by atoms with Gasteiger partial charge in [-0.15, -0.1) is 0 Å². The van der Waals surface area contributed by atoms with Crippen molar-refractivity contribution in [1.82, 2.24) is 19.8 Å². The Bertz CT molecular complexity index is 926. The third kappa shape index (κ3) is 4.71. The van der Waals surface area contributed by atoms with Crippen LogP contribution < -0.4 is 5.32 Å². The highest BCUT2D eigenvalue weighted by atomic mass is 35.5. The molecular weight excluding hydrogens is 362 g/mol. The van der Waals surface area contributed by atoms with Crippen LogP contribution in [0.5, 0.6) is 0 Å². The summed E-state index contributed by atoms with van der Waals surface area (Å²) in [5, 5.41) is 4.01. The van der Waals surface area contributed by atoms with Gasteiger partial charge in [0, 0.05) is 38.6 Å². The summed E-state index contributed by atoms with van der Waals surface area (Å²) in [6.45, 7) is 3.20. The Morgan fingerprint density at radius 3 is 2.70 bits per heavy atom. The molecule has 0 amide bonds. The van der Waals surface area contributed by atoms with Crippen LogP contribution in [0.3, 0.4) is 0 Å². The number of guanidine groups is 1. The molecule has 27 heavy (non-hydrogen) atoms. The molecule has 1 N–H and O–H groups in total. The second kappa shape index (κ2) is 8.31. The van der Waals surface area contributed by atoms with Crippen molar-refractivity contribution in [2.45, 2.75) is 20.0 Å². The van der Waals surface area contributed by atoms with Gasteiger partial charge in [0.2, 0.25) is 5.89 Å². The lowest BCUT2D eigenvalue weighted by atomic mass is 10.1. The van der Waals surface area contributed by atoms with E-state index in [4.69, 9.17) is 16.0 Å². The molecule has 0 saturated heterocycles. The molecule has 1 aromatic carbocycles. The summed E-state index contributed by atoms with van der Waals surface area (Å²) >= 11 is 6.06. The number of hydrogen-bond acceptors (Lipinski definition) is 3. The minimum Gasteiger partial charge on any atom is -0.439 e. The van der Waals surface area contributed by atoms with Crippen molar-refractivity contribution < 1.29 is 4.42 Å². The van der Waals surface area contributed by atoms with Crippen LogP contribution >= 0.6 is 11.6 Å². The third-order valence-electron chi connectivity index (χ3n) is 4.33. The summed E-state index contributed by atoms with van der Waals surface area (Å²) in [6.07, 6.45) is 3.64. The number of hydrogen-bond donors (Lipinski definition) is 1. The monoisotopic (exact) mass is 385 g/mol. The first-order valence-electron chi connectivity index (χ1n) is 8.70. The predicted molar refractivity (Wildman–Crippen MR) is 109 cm³/mol. The van der Waals surface area contributed by atoms with Crippen LogP contribution in [-0.2, 0) is 20.1 Å². The van der Waals surface area contributed by atoms with E-state index in [2.05, 4.69) is 34.3 Å². The zero-order chi connectivity index (χ0) is 19.4. The zero-order valence-electron chi connectivity index (χ0n) is 16.0. The molecule has 3 rings (SSSR count). The van der Waals surface area contributed by atoms with Gasteiger partial charge in [0.15, 0.2) is 11.7 Å². The SMILES string of the molecule is CN=C(NCc1ncc(-c2ccc(C)cc2)o1)N(C)Cc1cc(Cl)cn1C. The van der Waals surface area contributed by atoms with Gasteiger partial charge in [-0.05, 0) is 13.0 Å². The van der Waals surface area contributed by atoms with Crippen LogP contribution in [0.4, 0.5) is 0 Å². The maximum atomic E-state index is 6.06. The van der Waals surface area contributed by atoms with E-state index >= 15 is 0 Å². The molecule has 0 aliphatic rings. The van der Waals surface area contributed by atoms with Crippen LogP contribution in [0.15, 0.2) is 52.1 Å². The standard InChI is InChI=1S/C20H24ClN5O/c1-14-5-7-15(8-6-14)18-10-23-19(27-18)11-24-20(22-2)26(4)13-17-9-16(21)12-25(17)3/h5-10,12H,11,13H2,1-4H3,(H,22,24). The molecule has 0 spiro atoms. The fraction of sp³-hybridized carbons (Fsp3) is 0.300. The van der Waals surface area contributed by atoms with Gasteiger partial charge in [0.05, 0.1) is 24.3 Å². The molecule has 6 nitrogen and oxygen atoms in total. The Morgan fingerprint density at radius 1 is 1.33 bits per heavy atom. The molecule has 3 aromatic rings. The molecule has 142 valence electrons. The van der Waals surface area contributed by atoms with Gasteiger partial charge < -0.3 is 19.2 Å². The second-order valence-electron chi connectivity index (χ2n) is 6.50. The first kappa shape index (κ1) is 19.0. The normalized spacial score (nSPS) is 11.7. The van der Waals surface area contributed by atoms with E-state index in [0.29, 0.717) is 19.0 Å². The molecule has 7 heteroatoms. The quantitative estimate of drug-likeness (QED) is 0.535. The third-order valence-corrected chi connectivity index (χ3v) is 4.54. The summed E-state index contributed by atoms with van der Waals surface area (Å²) in [7, 11) is 5.71. The van der Waals surface area contributed by atoms with Crippen LogP contribution in [0.25, 0.3) is 11.3 Å². The average molecular weight is 386 g/mol. The summed E-state index contributed by atoms with van der Waals surface area (Å²) in [5.41, 5.74) is 3.33. The highest BCUT2D eigenvalue weighted by molar-refractivity contribution is 6.30. The van der Waals surface area contributed by atoms with Crippen molar-refractivity contribution in [3.63, 3.8) is 0 Å². The number of halogens is 1. The van der Waals surface area contributed by atoms with Crippen molar-refractivity contribution in [3.05, 3.63) is 64.9 Å². The molecule has 2 aromatic heterocycles. The minimum atomic E-state index is 0.455. The maximum Gasteiger partial charge on any atom is 0.214 e. The highest BCUT2D eigenvalue weighted by Crippen LogP contribution is 2.20. The summed E-state index contributed by atoms with van der Waals surface area (Å²) in [4.78, 5) is 10.7. The van der Waals surface area contributed by atoms with Gasteiger partial charge in [-0.25, -0.2) is 4.98 Å². The van der Waals surface area contributed by atoms with Crippen LogP contribution in [-0.4, -0.2) is 34.5 Å². The molecule has 0 bridgehead atoms. The number of benzene rings is 1. The first-order valence-corrected chi connectivity index (χ1v) is 9.08. The van der Waals surface area contributed by atoms with Gasteiger partial charge in [-0.3, -0.25) is 4.99 Å². The van der Waals surface area contributed by atoms with Gasteiger partial charge >= 0.3 is 0 Å². The van der Waals surface area contributed by atoms with Crippen molar-refractivity contribution in [2.75, 3.05) is 14.1 Å². The van der Waals surface area contributed by atoms with Crippen LogP contribution in [0.1, 0.15) is 17.1 Å². The molecule has 0 radical (unpaired) electrons. The Kier molecular flexibility index (Phi) is 5.86. The Morgan fingerprint density at radius 2 is 2.07 bits per heavy atom. The van der Waals surface area contributed by atoms with E-state index in [1.165, 1.54) is 5.56 Å². The lowest BCUT2D eigenvalue weighted by molar-refractivity contribution is 0.447. The largest absolute Gasteiger partial charge is 0.439 e. The fourth-order valence-electron chi connectivity index (χ4n) is 2.82. The van der Waals surface area contributed by atoms with Crippen LogP contribution in [0.2, 0.25) is 5.02 Å². The van der Waals surface area contributed by atoms with Crippen LogP contribution in [0, 0.1) is 6.92 Å². The number of rotatable bonds is 5. The molecular formula is C20H24ClN5O. The smallest absolute Gasteiger partial charge is 0.214 e. The molecule has 0 atom stereocenters. The van der Waals surface area contributed by atoms with E-state index < -0.39 is 0 Å². The Labute approximate surface area is 164 Å². The van der Waals surface area contributed by atoms with E-state index in [-0.39, 0.29) is 0 Å². The lowest BCUT2D eigenvalue weighted by Crippen LogP contribution is -2.38. The molecule has 0 aliphatic heterocycles. The van der Waals surface area contributed by atoms with Crippen molar-refractivity contribution in [2.24, 2.45) is 12.0 Å². The van der Waals surface area contributed by atoms with Gasteiger partial charge in [0.25, 0.3) is 0 Å². The predicted octanol–water partition coefficient (Wildman–Crippen LogP) is 3.85. The van der Waals surface area contributed by atoms with Crippen molar-refractivity contribution in [3.8, 4) is 11.3 Å². The van der Waals surface area contributed by atoms with Crippen molar-refractivity contribution >= 4 is 17.6 Å². The molecule has 0 unspecified atom stereocenters. The van der Waals surface area contributed by atoms with Crippen molar-refractivity contribution in [1.29, 1.82) is 0 Å². The van der Waals surface area contributed by atoms with E-state index in [1.54, 1.807) is 13.2 Å². The fourth-order valence-corrected chi connectivity index (χ4v) is 3.10. The number of aliphatic imine (C=N–C) groups is 1. The summed E-state index contributed by atoms with van der Waals surface area (Å²) in [6, 6.07) is 10.1. The topological polar surface area (TPSA) is 58.6 Å². The second-order valence-corrected chi connectivity index (χ2v) is 6.94. The number of aryl methyl sites for hydroxylation is 2. The minimum absolute atomic E-state index is 0.455. The summed E-state index contributed by atoms with van der Waals surface area (Å²) in [5.74, 6) is 2.12. The Balaban J connectivity index is 1.61. The first-order chi connectivity index (χ1) is 13.0.